The summed E-state index contributed by atoms with van der Waals surface area (Å²) in [6.07, 6.45) is 1.58. The Balaban J connectivity index is 1.68. The maximum atomic E-state index is 5.98. The van der Waals surface area contributed by atoms with Crippen LogP contribution in [0.2, 0.25) is 0 Å². The third kappa shape index (κ3) is 2.16. The number of likely N-dealkylation sites (tertiary alicyclic amines) is 1. The van der Waals surface area contributed by atoms with Crippen LogP contribution in [0, 0.1) is 5.92 Å². The lowest BCUT2D eigenvalue weighted by Gasteiger charge is -2.11. The normalized spacial score (nSPS) is 24.8. The lowest BCUT2D eigenvalue weighted by atomic mass is 10.1. The molecule has 0 aromatic carbocycles. The molecule has 2 unspecified atom stereocenters. The van der Waals surface area contributed by atoms with Gasteiger partial charge in [0.05, 0.1) is 12.8 Å². The van der Waals surface area contributed by atoms with Crippen LogP contribution in [0.15, 0.2) is 27.3 Å². The van der Waals surface area contributed by atoms with Crippen molar-refractivity contribution in [3.05, 3.63) is 24.2 Å². The molecule has 0 radical (unpaired) electrons. The van der Waals surface area contributed by atoms with E-state index in [1.807, 2.05) is 0 Å². The average molecular weight is 248 g/mol. The van der Waals surface area contributed by atoms with Crippen molar-refractivity contribution in [1.29, 1.82) is 0 Å². The van der Waals surface area contributed by atoms with Gasteiger partial charge in [-0.1, -0.05) is 12.1 Å². The largest absolute Gasteiger partial charge is 0.459 e. The van der Waals surface area contributed by atoms with E-state index in [1.54, 1.807) is 18.4 Å². The third-order valence-corrected chi connectivity index (χ3v) is 3.31. The Hall–Kier alpha value is -1.66. The van der Waals surface area contributed by atoms with E-state index < -0.39 is 0 Å². The Morgan fingerprint density at radius 3 is 3.06 bits per heavy atom. The van der Waals surface area contributed by atoms with Crippen LogP contribution in [0.25, 0.3) is 11.7 Å². The molecule has 2 atom stereocenters. The molecule has 0 aliphatic carbocycles. The molecule has 18 heavy (non-hydrogen) atoms. The van der Waals surface area contributed by atoms with Crippen LogP contribution in [0.4, 0.5) is 0 Å². The summed E-state index contributed by atoms with van der Waals surface area (Å²) in [6, 6.07) is 3.83. The highest BCUT2D eigenvalue weighted by molar-refractivity contribution is 5.42. The Morgan fingerprint density at radius 1 is 1.50 bits per heavy atom. The van der Waals surface area contributed by atoms with Gasteiger partial charge in [0.1, 0.15) is 0 Å². The molecular weight excluding hydrogens is 232 g/mol. The second-order valence-electron chi connectivity index (χ2n) is 4.83. The van der Waals surface area contributed by atoms with Gasteiger partial charge >= 0.3 is 0 Å². The Bertz CT molecular complexity index is 498. The van der Waals surface area contributed by atoms with E-state index >= 15 is 0 Å². The quantitative estimate of drug-likeness (QED) is 0.876. The first-order valence-electron chi connectivity index (χ1n) is 6.07. The number of nitrogens with two attached hydrogens (primary N) is 1. The van der Waals surface area contributed by atoms with E-state index in [0.29, 0.717) is 29.9 Å². The molecule has 2 aromatic rings. The molecular formula is C12H16N4O2. The third-order valence-electron chi connectivity index (χ3n) is 3.31. The zero-order valence-electron chi connectivity index (χ0n) is 10.2. The standard InChI is InChI=1S/C12H16N4O2/c1-8-5-16(6-9(8)13)7-11-14-12(18-15-11)10-3-2-4-17-10/h2-4,8-9H,5-7,13H2,1H3. The van der Waals surface area contributed by atoms with Crippen molar-refractivity contribution in [3.63, 3.8) is 0 Å². The molecule has 0 spiro atoms. The van der Waals surface area contributed by atoms with E-state index in [4.69, 9.17) is 14.7 Å². The Labute approximate surface area is 105 Å². The summed E-state index contributed by atoms with van der Waals surface area (Å²) in [6.45, 7) is 4.69. The van der Waals surface area contributed by atoms with Crippen molar-refractivity contribution in [2.45, 2.75) is 19.5 Å². The molecule has 0 saturated carbocycles. The van der Waals surface area contributed by atoms with Gasteiger partial charge in [-0.25, -0.2) is 0 Å². The lowest BCUT2D eigenvalue weighted by molar-refractivity contribution is 0.302. The maximum absolute atomic E-state index is 5.98. The monoisotopic (exact) mass is 248 g/mol. The molecule has 1 aliphatic heterocycles. The van der Waals surface area contributed by atoms with Gasteiger partial charge in [0.2, 0.25) is 0 Å². The molecule has 0 amide bonds. The summed E-state index contributed by atoms with van der Waals surface area (Å²) in [5, 5.41) is 3.96. The van der Waals surface area contributed by atoms with Crippen LogP contribution in [-0.4, -0.2) is 34.2 Å². The summed E-state index contributed by atoms with van der Waals surface area (Å²) >= 11 is 0. The van der Waals surface area contributed by atoms with Crippen molar-refractivity contribution in [2.75, 3.05) is 13.1 Å². The fraction of sp³-hybridized carbons (Fsp3) is 0.500. The second kappa shape index (κ2) is 4.55. The number of furan rings is 1. The number of hydrogen-bond acceptors (Lipinski definition) is 6. The van der Waals surface area contributed by atoms with Crippen molar-refractivity contribution in [1.82, 2.24) is 15.0 Å². The maximum Gasteiger partial charge on any atom is 0.293 e. The number of nitrogens with zero attached hydrogens (tertiary/aromatic N) is 3. The van der Waals surface area contributed by atoms with Crippen LogP contribution < -0.4 is 5.73 Å². The van der Waals surface area contributed by atoms with E-state index in [1.165, 1.54) is 0 Å². The Morgan fingerprint density at radius 2 is 2.39 bits per heavy atom. The highest BCUT2D eigenvalue weighted by Crippen LogP contribution is 2.19. The zero-order chi connectivity index (χ0) is 12.5. The van der Waals surface area contributed by atoms with Crippen molar-refractivity contribution in [3.8, 4) is 11.7 Å². The first-order valence-corrected chi connectivity index (χ1v) is 6.07. The van der Waals surface area contributed by atoms with Gasteiger partial charge in [-0.3, -0.25) is 4.90 Å². The van der Waals surface area contributed by atoms with Gasteiger partial charge in [-0.2, -0.15) is 4.98 Å². The molecule has 96 valence electrons. The van der Waals surface area contributed by atoms with Crippen LogP contribution in [0.3, 0.4) is 0 Å². The molecule has 0 bridgehead atoms. The minimum atomic E-state index is 0.237. The summed E-state index contributed by atoms with van der Waals surface area (Å²) in [5.41, 5.74) is 5.98. The summed E-state index contributed by atoms with van der Waals surface area (Å²) in [7, 11) is 0. The smallest absolute Gasteiger partial charge is 0.293 e. The van der Waals surface area contributed by atoms with E-state index in [9.17, 15) is 0 Å². The molecule has 1 saturated heterocycles. The summed E-state index contributed by atoms with van der Waals surface area (Å²) in [4.78, 5) is 6.55. The van der Waals surface area contributed by atoms with Gasteiger partial charge < -0.3 is 14.7 Å². The summed E-state index contributed by atoms with van der Waals surface area (Å²) < 4.78 is 10.4. The molecule has 1 fully saturated rings. The molecule has 2 aromatic heterocycles. The molecule has 6 heteroatoms. The fourth-order valence-corrected chi connectivity index (χ4v) is 2.24. The highest BCUT2D eigenvalue weighted by Gasteiger charge is 2.27. The predicted octanol–water partition coefficient (Wildman–Crippen LogP) is 1.11. The molecule has 6 nitrogen and oxygen atoms in total. The van der Waals surface area contributed by atoms with Crippen molar-refractivity contribution in [2.24, 2.45) is 11.7 Å². The number of hydrogen-bond donors (Lipinski definition) is 1. The Kier molecular flexibility index (Phi) is 2.89. The van der Waals surface area contributed by atoms with Gasteiger partial charge in [0.25, 0.3) is 5.89 Å². The van der Waals surface area contributed by atoms with Crippen LogP contribution >= 0.6 is 0 Å². The number of aromatic nitrogens is 2. The molecule has 2 N–H and O–H groups in total. The SMILES string of the molecule is CC1CN(Cc2noc(-c3ccco3)n2)CC1N. The number of rotatable bonds is 3. The average Bonchev–Trinajstić information content (AvgIpc) is 3.02. The van der Waals surface area contributed by atoms with Crippen molar-refractivity contribution < 1.29 is 8.94 Å². The van der Waals surface area contributed by atoms with Crippen LogP contribution in [0.5, 0.6) is 0 Å². The van der Waals surface area contributed by atoms with Gasteiger partial charge in [-0.15, -0.1) is 0 Å². The second-order valence-corrected chi connectivity index (χ2v) is 4.83. The topological polar surface area (TPSA) is 81.3 Å². The van der Waals surface area contributed by atoms with Gasteiger partial charge in [0.15, 0.2) is 11.6 Å². The van der Waals surface area contributed by atoms with E-state index in [-0.39, 0.29) is 6.04 Å². The van der Waals surface area contributed by atoms with Crippen LogP contribution in [0.1, 0.15) is 12.7 Å². The first-order chi connectivity index (χ1) is 8.72. The van der Waals surface area contributed by atoms with Gasteiger partial charge in [0, 0.05) is 19.1 Å². The fourth-order valence-electron chi connectivity index (χ4n) is 2.24. The predicted molar refractivity (Wildman–Crippen MR) is 64.4 cm³/mol. The lowest BCUT2D eigenvalue weighted by Crippen LogP contribution is -2.28. The minimum Gasteiger partial charge on any atom is -0.459 e. The van der Waals surface area contributed by atoms with Crippen LogP contribution in [-0.2, 0) is 6.54 Å². The molecule has 1 aliphatic rings. The summed E-state index contributed by atoms with van der Waals surface area (Å²) in [5.74, 6) is 2.20. The molecule has 3 heterocycles. The van der Waals surface area contributed by atoms with E-state index in [0.717, 1.165) is 13.1 Å². The molecule has 3 rings (SSSR count). The zero-order valence-corrected chi connectivity index (χ0v) is 10.2. The van der Waals surface area contributed by atoms with Gasteiger partial charge in [-0.05, 0) is 18.1 Å². The highest BCUT2D eigenvalue weighted by atomic mass is 16.5. The minimum absolute atomic E-state index is 0.237. The van der Waals surface area contributed by atoms with E-state index in [2.05, 4.69) is 22.0 Å². The van der Waals surface area contributed by atoms with Crippen molar-refractivity contribution >= 4 is 0 Å². The first kappa shape index (κ1) is 11.4.